The molecule has 1 aromatic rings. The van der Waals surface area contributed by atoms with Crippen molar-refractivity contribution in [1.82, 2.24) is 5.32 Å². The van der Waals surface area contributed by atoms with Gasteiger partial charge in [0, 0.05) is 12.5 Å². The summed E-state index contributed by atoms with van der Waals surface area (Å²) in [5, 5.41) is 3.15. The van der Waals surface area contributed by atoms with Crippen LogP contribution in [-0.4, -0.2) is 12.5 Å². The number of benzene rings is 1. The highest BCUT2D eigenvalue weighted by Gasteiger charge is 2.24. The fourth-order valence-electron chi connectivity index (χ4n) is 2.89. The Kier molecular flexibility index (Phi) is 5.00. The molecule has 104 valence electrons. The molecular weight excluding hydrogens is 234 g/mol. The van der Waals surface area contributed by atoms with Crippen molar-refractivity contribution in [2.45, 2.75) is 46.0 Å². The third-order valence-electron chi connectivity index (χ3n) is 4.44. The van der Waals surface area contributed by atoms with Crippen molar-refractivity contribution in [3.63, 3.8) is 0 Å². The van der Waals surface area contributed by atoms with Gasteiger partial charge in [0.05, 0.1) is 0 Å². The van der Waals surface area contributed by atoms with Crippen LogP contribution in [0.5, 0.6) is 0 Å². The van der Waals surface area contributed by atoms with Gasteiger partial charge in [-0.3, -0.25) is 4.79 Å². The Bertz CT molecular complexity index is 423. The maximum Gasteiger partial charge on any atom is 0.223 e. The van der Waals surface area contributed by atoms with Crippen molar-refractivity contribution >= 4 is 5.91 Å². The second-order valence-corrected chi connectivity index (χ2v) is 5.64. The van der Waals surface area contributed by atoms with Crippen LogP contribution in [0.2, 0.25) is 0 Å². The number of hydrogen-bond acceptors (Lipinski definition) is 1. The van der Waals surface area contributed by atoms with Gasteiger partial charge in [0.1, 0.15) is 0 Å². The van der Waals surface area contributed by atoms with Crippen LogP contribution in [0.25, 0.3) is 0 Å². The van der Waals surface area contributed by atoms with Gasteiger partial charge in [-0.05, 0) is 36.3 Å². The Morgan fingerprint density at radius 1 is 1.26 bits per heavy atom. The van der Waals surface area contributed by atoms with E-state index in [4.69, 9.17) is 0 Å². The van der Waals surface area contributed by atoms with Gasteiger partial charge in [-0.1, -0.05) is 51.0 Å². The molecule has 1 aliphatic rings. The third-order valence-corrected chi connectivity index (χ3v) is 4.44. The van der Waals surface area contributed by atoms with Crippen LogP contribution >= 0.6 is 0 Å². The third kappa shape index (κ3) is 3.59. The summed E-state index contributed by atoms with van der Waals surface area (Å²) < 4.78 is 0. The first kappa shape index (κ1) is 14.1. The van der Waals surface area contributed by atoms with E-state index < -0.39 is 0 Å². The molecule has 0 spiro atoms. The average Bonchev–Trinajstić information content (AvgIpc) is 2.47. The van der Waals surface area contributed by atoms with Gasteiger partial charge in [0.2, 0.25) is 5.91 Å². The zero-order valence-corrected chi connectivity index (χ0v) is 12.1. The van der Waals surface area contributed by atoms with Gasteiger partial charge >= 0.3 is 0 Å². The quantitative estimate of drug-likeness (QED) is 0.863. The van der Waals surface area contributed by atoms with E-state index in [0.717, 1.165) is 38.6 Å². The summed E-state index contributed by atoms with van der Waals surface area (Å²) >= 11 is 0. The molecule has 0 heterocycles. The second kappa shape index (κ2) is 6.74. The van der Waals surface area contributed by atoms with E-state index >= 15 is 0 Å². The summed E-state index contributed by atoms with van der Waals surface area (Å²) in [6.45, 7) is 5.22. The number of aryl methyl sites for hydroxylation is 1. The predicted octanol–water partition coefficient (Wildman–Crippen LogP) is 3.34. The van der Waals surface area contributed by atoms with Gasteiger partial charge in [-0.15, -0.1) is 0 Å². The SMILES string of the molecule is CCC(CC)CNC(=O)C1CCc2ccccc2C1. The summed E-state index contributed by atoms with van der Waals surface area (Å²) in [5.74, 6) is 1.05. The molecule has 1 amide bonds. The summed E-state index contributed by atoms with van der Waals surface area (Å²) in [6, 6.07) is 8.51. The van der Waals surface area contributed by atoms with Crippen LogP contribution in [0, 0.1) is 11.8 Å². The van der Waals surface area contributed by atoms with Crippen molar-refractivity contribution < 1.29 is 4.79 Å². The predicted molar refractivity (Wildman–Crippen MR) is 79.0 cm³/mol. The van der Waals surface area contributed by atoms with Crippen molar-refractivity contribution in [1.29, 1.82) is 0 Å². The highest BCUT2D eigenvalue weighted by Crippen LogP contribution is 2.25. The molecule has 0 saturated heterocycles. The lowest BCUT2D eigenvalue weighted by molar-refractivity contribution is -0.125. The molecule has 1 aliphatic carbocycles. The van der Waals surface area contributed by atoms with Gasteiger partial charge in [-0.25, -0.2) is 0 Å². The largest absolute Gasteiger partial charge is 0.356 e. The number of rotatable bonds is 5. The Hall–Kier alpha value is -1.31. The van der Waals surface area contributed by atoms with Gasteiger partial charge in [-0.2, -0.15) is 0 Å². The zero-order valence-electron chi connectivity index (χ0n) is 12.1. The van der Waals surface area contributed by atoms with E-state index in [1.54, 1.807) is 0 Å². The minimum Gasteiger partial charge on any atom is -0.356 e. The fraction of sp³-hybridized carbons (Fsp3) is 0.588. The lowest BCUT2D eigenvalue weighted by Crippen LogP contribution is -2.36. The van der Waals surface area contributed by atoms with E-state index in [0.29, 0.717) is 5.92 Å². The standard InChI is InChI=1S/C17H25NO/c1-3-13(4-2)12-18-17(19)16-10-9-14-7-5-6-8-15(14)11-16/h5-8,13,16H,3-4,9-12H2,1-2H3,(H,18,19). The smallest absolute Gasteiger partial charge is 0.223 e. The lowest BCUT2D eigenvalue weighted by Gasteiger charge is -2.24. The Morgan fingerprint density at radius 3 is 2.63 bits per heavy atom. The van der Waals surface area contributed by atoms with Gasteiger partial charge in [0.15, 0.2) is 0 Å². The van der Waals surface area contributed by atoms with Crippen molar-refractivity contribution in [2.75, 3.05) is 6.54 Å². The first-order valence-electron chi connectivity index (χ1n) is 7.59. The molecule has 2 rings (SSSR count). The number of hydrogen-bond donors (Lipinski definition) is 1. The monoisotopic (exact) mass is 259 g/mol. The van der Waals surface area contributed by atoms with Crippen LogP contribution in [0.4, 0.5) is 0 Å². The molecule has 0 radical (unpaired) electrons. The van der Waals surface area contributed by atoms with E-state index in [2.05, 4.69) is 43.4 Å². The highest BCUT2D eigenvalue weighted by molar-refractivity contribution is 5.79. The first-order valence-corrected chi connectivity index (χ1v) is 7.59. The molecule has 1 aromatic carbocycles. The fourth-order valence-corrected chi connectivity index (χ4v) is 2.89. The maximum absolute atomic E-state index is 12.2. The van der Waals surface area contributed by atoms with Crippen molar-refractivity contribution in [3.05, 3.63) is 35.4 Å². The first-order chi connectivity index (χ1) is 9.24. The minimum atomic E-state index is 0.171. The Balaban J connectivity index is 1.88. The Labute approximate surface area is 116 Å². The molecule has 19 heavy (non-hydrogen) atoms. The number of nitrogens with one attached hydrogen (secondary N) is 1. The molecule has 0 bridgehead atoms. The zero-order chi connectivity index (χ0) is 13.7. The Morgan fingerprint density at radius 2 is 1.95 bits per heavy atom. The van der Waals surface area contributed by atoms with E-state index in [1.165, 1.54) is 11.1 Å². The van der Waals surface area contributed by atoms with Gasteiger partial charge in [0.25, 0.3) is 0 Å². The number of carbonyl (C=O) groups excluding carboxylic acids is 1. The van der Waals surface area contributed by atoms with Crippen LogP contribution < -0.4 is 5.32 Å². The van der Waals surface area contributed by atoms with Gasteiger partial charge < -0.3 is 5.32 Å². The highest BCUT2D eigenvalue weighted by atomic mass is 16.1. The van der Waals surface area contributed by atoms with E-state index in [-0.39, 0.29) is 11.8 Å². The number of fused-ring (bicyclic) bond motifs is 1. The second-order valence-electron chi connectivity index (χ2n) is 5.64. The van der Waals surface area contributed by atoms with Crippen molar-refractivity contribution in [2.24, 2.45) is 11.8 Å². The van der Waals surface area contributed by atoms with Crippen molar-refractivity contribution in [3.8, 4) is 0 Å². The average molecular weight is 259 g/mol. The van der Waals surface area contributed by atoms with Crippen LogP contribution in [0.15, 0.2) is 24.3 Å². The molecule has 2 heteroatoms. The summed E-state index contributed by atoms with van der Waals surface area (Å²) in [7, 11) is 0. The van der Waals surface area contributed by atoms with E-state index in [9.17, 15) is 4.79 Å². The number of carbonyl (C=O) groups is 1. The molecule has 1 unspecified atom stereocenters. The summed E-state index contributed by atoms with van der Waals surface area (Å²) in [6.07, 6.45) is 5.23. The summed E-state index contributed by atoms with van der Waals surface area (Å²) in [4.78, 5) is 12.2. The molecule has 0 aromatic heterocycles. The normalized spacial score (nSPS) is 18.2. The van der Waals surface area contributed by atoms with Crippen LogP contribution in [0.1, 0.15) is 44.2 Å². The van der Waals surface area contributed by atoms with Crippen LogP contribution in [-0.2, 0) is 17.6 Å². The molecule has 0 fully saturated rings. The molecule has 0 aliphatic heterocycles. The molecular formula is C17H25NO. The minimum absolute atomic E-state index is 0.171. The lowest BCUT2D eigenvalue weighted by atomic mass is 9.83. The van der Waals surface area contributed by atoms with E-state index in [1.807, 2.05) is 0 Å². The summed E-state index contributed by atoms with van der Waals surface area (Å²) in [5.41, 5.74) is 2.78. The molecule has 0 saturated carbocycles. The maximum atomic E-state index is 12.2. The molecule has 1 N–H and O–H groups in total. The number of amides is 1. The molecule has 2 nitrogen and oxygen atoms in total. The van der Waals surface area contributed by atoms with Crippen LogP contribution in [0.3, 0.4) is 0 Å². The molecule has 1 atom stereocenters. The topological polar surface area (TPSA) is 29.1 Å².